The minimum atomic E-state index is -4.74. The second kappa shape index (κ2) is 8.00. The Bertz CT molecular complexity index is 735. The van der Waals surface area contributed by atoms with Gasteiger partial charge < -0.3 is 10.2 Å². The van der Waals surface area contributed by atoms with Crippen molar-refractivity contribution in [1.29, 1.82) is 0 Å². The van der Waals surface area contributed by atoms with E-state index in [4.69, 9.17) is 0 Å². The molecule has 3 rings (SSSR count). The Morgan fingerprint density at radius 2 is 1.97 bits per heavy atom. The van der Waals surface area contributed by atoms with E-state index < -0.39 is 30.5 Å². The van der Waals surface area contributed by atoms with Crippen LogP contribution in [0.25, 0.3) is 0 Å². The molecule has 1 aromatic heterocycles. The van der Waals surface area contributed by atoms with Gasteiger partial charge in [0.2, 0.25) is 11.8 Å². The molecule has 0 bridgehead atoms. The van der Waals surface area contributed by atoms with Crippen LogP contribution in [0.1, 0.15) is 51.1 Å². The molecule has 0 spiro atoms. The van der Waals surface area contributed by atoms with Crippen molar-refractivity contribution in [3.8, 4) is 0 Å². The normalized spacial score (nSPS) is 26.0. The molecule has 29 heavy (non-hydrogen) atoms. The lowest BCUT2D eigenvalue weighted by atomic mass is 9.84. The van der Waals surface area contributed by atoms with Crippen LogP contribution < -0.4 is 5.32 Å². The van der Waals surface area contributed by atoms with Crippen molar-refractivity contribution in [2.24, 2.45) is 0 Å². The van der Waals surface area contributed by atoms with Gasteiger partial charge in [0, 0.05) is 37.1 Å². The summed E-state index contributed by atoms with van der Waals surface area (Å²) in [5.74, 6) is -2.74. The molecule has 1 N–H and O–H groups in total. The first-order valence-corrected chi connectivity index (χ1v) is 9.46. The third-order valence-corrected chi connectivity index (χ3v) is 5.53. The fraction of sp³-hybridized carbons (Fsp3) is 0.722. The summed E-state index contributed by atoms with van der Waals surface area (Å²) >= 11 is 0. The molecule has 1 aromatic rings. The first-order chi connectivity index (χ1) is 13.5. The highest BCUT2D eigenvalue weighted by Crippen LogP contribution is 2.40. The van der Waals surface area contributed by atoms with E-state index in [0.717, 1.165) is 0 Å². The second-order valence-corrected chi connectivity index (χ2v) is 7.66. The van der Waals surface area contributed by atoms with Gasteiger partial charge in [0.05, 0.1) is 6.04 Å². The Kier molecular flexibility index (Phi) is 5.98. The minimum absolute atomic E-state index is 0.0973. The summed E-state index contributed by atoms with van der Waals surface area (Å²) in [5.41, 5.74) is 0.633. The number of alkyl halides is 5. The number of nitrogens with zero attached hydrogens (tertiary/aromatic N) is 3. The fourth-order valence-corrected chi connectivity index (χ4v) is 3.72. The van der Waals surface area contributed by atoms with Crippen LogP contribution in [0.5, 0.6) is 0 Å². The quantitative estimate of drug-likeness (QED) is 0.733. The van der Waals surface area contributed by atoms with E-state index in [1.165, 1.54) is 18.2 Å². The number of amides is 1. The molecular formula is C18H23F5N4O2. The van der Waals surface area contributed by atoms with Crippen molar-refractivity contribution < 1.29 is 31.5 Å². The monoisotopic (exact) mass is 422 g/mol. The Balaban J connectivity index is 1.56. The minimum Gasteiger partial charge on any atom is -0.359 e. The molecule has 2 aliphatic rings. The molecule has 162 valence electrons. The number of hydrogen-bond acceptors (Lipinski definition) is 5. The highest BCUT2D eigenvalue weighted by Gasteiger charge is 2.46. The van der Waals surface area contributed by atoms with E-state index in [1.807, 2.05) is 0 Å². The highest BCUT2D eigenvalue weighted by atomic mass is 19.4. The summed E-state index contributed by atoms with van der Waals surface area (Å²) in [6, 6.07) is 0.202. The lowest BCUT2D eigenvalue weighted by molar-refractivity contribution is -0.359. The van der Waals surface area contributed by atoms with Crippen LogP contribution in [0.4, 0.5) is 27.8 Å². The Labute approximate surface area is 164 Å². The zero-order valence-corrected chi connectivity index (χ0v) is 16.0. The summed E-state index contributed by atoms with van der Waals surface area (Å²) in [5, 5.41) is 2.92. The number of hydrogen-bond donors (Lipinski definition) is 1. The summed E-state index contributed by atoms with van der Waals surface area (Å²) in [6.45, 7) is 2.93. The summed E-state index contributed by atoms with van der Waals surface area (Å²) in [7, 11) is 0. The Morgan fingerprint density at radius 3 is 2.55 bits per heavy atom. The molecule has 1 saturated heterocycles. The predicted octanol–water partition coefficient (Wildman–Crippen LogP) is 3.71. The van der Waals surface area contributed by atoms with Crippen molar-refractivity contribution >= 4 is 11.7 Å². The number of halogens is 5. The average Bonchev–Trinajstić information content (AvgIpc) is 2.63. The number of ether oxygens (including phenoxy) is 1. The maximum atomic E-state index is 13.3. The zero-order chi connectivity index (χ0) is 21.4. The number of carbonyl (C=O) groups is 1. The van der Waals surface area contributed by atoms with Crippen LogP contribution in [0.3, 0.4) is 0 Å². The molecule has 2 fully saturated rings. The summed E-state index contributed by atoms with van der Waals surface area (Å²) < 4.78 is 67.6. The van der Waals surface area contributed by atoms with Crippen molar-refractivity contribution in [1.82, 2.24) is 14.9 Å². The van der Waals surface area contributed by atoms with Crippen molar-refractivity contribution in [3.05, 3.63) is 18.1 Å². The van der Waals surface area contributed by atoms with Gasteiger partial charge in [0.25, 0.3) is 0 Å². The van der Waals surface area contributed by atoms with Gasteiger partial charge in [0.15, 0.2) is 0 Å². The first kappa shape index (κ1) is 21.7. The predicted molar refractivity (Wildman–Crippen MR) is 93.4 cm³/mol. The van der Waals surface area contributed by atoms with E-state index in [-0.39, 0.29) is 31.2 Å². The van der Waals surface area contributed by atoms with E-state index in [2.05, 4.69) is 20.0 Å². The van der Waals surface area contributed by atoms with Gasteiger partial charge in [-0.25, -0.2) is 18.7 Å². The molecule has 0 aromatic carbocycles. The van der Waals surface area contributed by atoms with E-state index in [9.17, 15) is 26.7 Å². The van der Waals surface area contributed by atoms with Gasteiger partial charge in [-0.3, -0.25) is 9.53 Å². The molecule has 2 heterocycles. The van der Waals surface area contributed by atoms with E-state index in [0.29, 0.717) is 24.4 Å². The van der Waals surface area contributed by atoms with Gasteiger partial charge in [-0.05, 0) is 26.7 Å². The standard InChI is InChI=1S/C18H23F5N4O2/c1-10(16(28)27-8-14(11(27)2)29-18(21,22)23)26-15-7-13(24-9-25-15)12-3-5-17(19,20)6-4-12/h7,9-12,14H,3-6,8H2,1-2H3,(H,24,25,26)/t10-,11+,14+/m1/s1. The summed E-state index contributed by atoms with van der Waals surface area (Å²) in [6.07, 6.45) is -4.24. The van der Waals surface area contributed by atoms with Crippen molar-refractivity contribution in [2.75, 3.05) is 11.9 Å². The van der Waals surface area contributed by atoms with Crippen molar-refractivity contribution in [2.45, 2.75) is 75.9 Å². The average molecular weight is 422 g/mol. The van der Waals surface area contributed by atoms with Crippen LogP contribution in [-0.2, 0) is 9.53 Å². The Hall–Kier alpha value is -2.04. The van der Waals surface area contributed by atoms with Crippen LogP contribution in [0.15, 0.2) is 12.4 Å². The molecule has 1 aliphatic carbocycles. The summed E-state index contributed by atoms with van der Waals surface area (Å²) in [4.78, 5) is 22.0. The van der Waals surface area contributed by atoms with Crippen LogP contribution in [0.2, 0.25) is 0 Å². The van der Waals surface area contributed by atoms with Gasteiger partial charge in [-0.1, -0.05) is 0 Å². The molecule has 1 aliphatic heterocycles. The molecule has 1 amide bonds. The topological polar surface area (TPSA) is 67.4 Å². The number of carbonyl (C=O) groups excluding carboxylic acids is 1. The molecule has 11 heteroatoms. The van der Waals surface area contributed by atoms with Gasteiger partial charge in [-0.2, -0.15) is 0 Å². The Morgan fingerprint density at radius 1 is 1.31 bits per heavy atom. The van der Waals surface area contributed by atoms with Gasteiger partial charge >= 0.3 is 6.36 Å². The van der Waals surface area contributed by atoms with E-state index in [1.54, 1.807) is 13.0 Å². The number of anilines is 1. The van der Waals surface area contributed by atoms with Gasteiger partial charge in [0.1, 0.15) is 24.3 Å². The maximum absolute atomic E-state index is 13.3. The number of likely N-dealkylation sites (tertiary alicyclic amines) is 1. The van der Waals surface area contributed by atoms with E-state index >= 15 is 0 Å². The SMILES string of the molecule is C[C@@H](Nc1cc(C2CCC(F)(F)CC2)ncn1)C(=O)N1C[C@H](OC(F)(F)F)[C@@H]1C. The smallest absolute Gasteiger partial charge is 0.359 e. The van der Waals surface area contributed by atoms with Crippen LogP contribution >= 0.6 is 0 Å². The zero-order valence-electron chi connectivity index (χ0n) is 16.0. The number of nitrogens with one attached hydrogen (secondary N) is 1. The third kappa shape index (κ3) is 5.31. The largest absolute Gasteiger partial charge is 0.522 e. The first-order valence-electron chi connectivity index (χ1n) is 9.46. The molecule has 1 saturated carbocycles. The molecule has 0 radical (unpaired) electrons. The molecule has 3 atom stereocenters. The maximum Gasteiger partial charge on any atom is 0.522 e. The highest BCUT2D eigenvalue weighted by molar-refractivity contribution is 5.85. The fourth-order valence-electron chi connectivity index (χ4n) is 3.72. The molecule has 6 nitrogen and oxygen atoms in total. The van der Waals surface area contributed by atoms with Crippen LogP contribution in [-0.4, -0.2) is 57.8 Å². The number of aromatic nitrogens is 2. The lowest BCUT2D eigenvalue weighted by Crippen LogP contribution is -2.64. The van der Waals surface area contributed by atoms with Crippen molar-refractivity contribution in [3.63, 3.8) is 0 Å². The molecule has 0 unspecified atom stereocenters. The van der Waals surface area contributed by atoms with Crippen LogP contribution in [0, 0.1) is 0 Å². The third-order valence-electron chi connectivity index (χ3n) is 5.53. The number of rotatable bonds is 5. The second-order valence-electron chi connectivity index (χ2n) is 7.66. The lowest BCUT2D eigenvalue weighted by Gasteiger charge is -2.46. The van der Waals surface area contributed by atoms with Gasteiger partial charge in [-0.15, -0.1) is 13.2 Å². The molecular weight excluding hydrogens is 399 g/mol.